The lowest BCUT2D eigenvalue weighted by Gasteiger charge is -2.42. The third kappa shape index (κ3) is 4.14. The number of carbonyl (C=O) groups is 2. The van der Waals surface area contributed by atoms with E-state index in [1.165, 1.54) is 16.0 Å². The summed E-state index contributed by atoms with van der Waals surface area (Å²) in [7, 11) is 3.67. The highest BCUT2D eigenvalue weighted by atomic mass is 32.1. The van der Waals surface area contributed by atoms with Crippen LogP contribution in [0, 0.1) is 11.3 Å². The van der Waals surface area contributed by atoms with Crippen molar-refractivity contribution in [1.82, 2.24) is 9.80 Å². The number of amides is 2. The fraction of sp³-hybridized carbons (Fsp3) is 0.478. The molecule has 4 nitrogen and oxygen atoms in total. The molecule has 28 heavy (non-hydrogen) atoms. The van der Waals surface area contributed by atoms with Gasteiger partial charge in [0.25, 0.3) is 0 Å². The maximum Gasteiger partial charge on any atom is 0.228 e. The van der Waals surface area contributed by atoms with Gasteiger partial charge in [-0.3, -0.25) is 9.59 Å². The average Bonchev–Trinajstić information content (AvgIpc) is 3.22. The predicted octanol–water partition coefficient (Wildman–Crippen LogP) is 4.31. The minimum Gasteiger partial charge on any atom is -0.348 e. The molecule has 0 unspecified atom stereocenters. The minimum atomic E-state index is -0.454. The molecule has 5 heteroatoms. The zero-order chi connectivity index (χ0) is 20.3. The third-order valence-corrected chi connectivity index (χ3v) is 6.62. The fourth-order valence-corrected chi connectivity index (χ4v) is 4.96. The molecule has 2 heterocycles. The first-order valence-electron chi connectivity index (χ1n) is 9.96. The number of hydrogen-bond acceptors (Lipinski definition) is 3. The van der Waals surface area contributed by atoms with Crippen molar-refractivity contribution in [3.63, 3.8) is 0 Å². The van der Waals surface area contributed by atoms with Gasteiger partial charge in [-0.25, -0.2) is 0 Å². The van der Waals surface area contributed by atoms with Crippen LogP contribution in [-0.4, -0.2) is 48.8 Å². The summed E-state index contributed by atoms with van der Waals surface area (Å²) in [6.45, 7) is 5.17. The summed E-state index contributed by atoms with van der Waals surface area (Å²) in [5, 5.41) is 2.09. The van der Waals surface area contributed by atoms with Crippen molar-refractivity contribution in [2.45, 2.75) is 33.1 Å². The fourth-order valence-electron chi connectivity index (χ4n) is 4.17. The third-order valence-electron chi connectivity index (χ3n) is 5.72. The topological polar surface area (TPSA) is 40.6 Å². The van der Waals surface area contributed by atoms with Gasteiger partial charge in [-0.1, -0.05) is 44.2 Å². The lowest BCUT2D eigenvalue weighted by Crippen LogP contribution is -2.51. The molecule has 150 valence electrons. The molecule has 1 fully saturated rings. The smallest absolute Gasteiger partial charge is 0.228 e. The van der Waals surface area contributed by atoms with Gasteiger partial charge in [0.2, 0.25) is 11.8 Å². The van der Waals surface area contributed by atoms with Crippen LogP contribution in [0.15, 0.2) is 41.8 Å². The van der Waals surface area contributed by atoms with E-state index in [0.717, 1.165) is 0 Å². The summed E-state index contributed by atoms with van der Waals surface area (Å²) in [4.78, 5) is 30.5. The number of hydrogen-bond donors (Lipinski definition) is 0. The molecule has 0 bridgehead atoms. The van der Waals surface area contributed by atoms with Crippen LogP contribution < -0.4 is 0 Å². The number of rotatable bonds is 5. The Morgan fingerprint density at radius 2 is 1.79 bits per heavy atom. The molecule has 1 aliphatic heterocycles. The van der Waals surface area contributed by atoms with Gasteiger partial charge >= 0.3 is 0 Å². The number of piperidine rings is 1. The van der Waals surface area contributed by atoms with Gasteiger partial charge in [-0.15, -0.1) is 11.3 Å². The van der Waals surface area contributed by atoms with Gasteiger partial charge in [0.05, 0.1) is 5.41 Å². The van der Waals surface area contributed by atoms with Crippen LogP contribution in [0.25, 0.3) is 10.4 Å². The molecular weight excluding hydrogens is 368 g/mol. The molecular formula is C23H30N2O2S. The SMILES string of the molecule is CC(C)C(=O)N1CCC(Cc2ccccc2-c2cccs2)(C(=O)N(C)C)CC1. The van der Waals surface area contributed by atoms with E-state index in [2.05, 4.69) is 41.8 Å². The van der Waals surface area contributed by atoms with Crippen LogP contribution in [0.4, 0.5) is 0 Å². The van der Waals surface area contributed by atoms with Crippen molar-refractivity contribution in [2.24, 2.45) is 11.3 Å². The molecule has 0 aliphatic carbocycles. The van der Waals surface area contributed by atoms with Crippen molar-refractivity contribution < 1.29 is 9.59 Å². The molecule has 1 saturated heterocycles. The highest BCUT2D eigenvalue weighted by Gasteiger charge is 2.43. The van der Waals surface area contributed by atoms with Gasteiger partial charge in [0, 0.05) is 38.0 Å². The molecule has 2 amide bonds. The van der Waals surface area contributed by atoms with Crippen molar-refractivity contribution in [1.29, 1.82) is 0 Å². The molecule has 1 aromatic heterocycles. The molecule has 1 aromatic carbocycles. The molecule has 0 radical (unpaired) electrons. The van der Waals surface area contributed by atoms with Gasteiger partial charge < -0.3 is 9.80 Å². The average molecular weight is 399 g/mol. The van der Waals surface area contributed by atoms with Crippen molar-refractivity contribution in [2.75, 3.05) is 27.2 Å². The quantitative estimate of drug-likeness (QED) is 0.753. The first kappa shape index (κ1) is 20.6. The first-order chi connectivity index (χ1) is 13.3. The van der Waals surface area contributed by atoms with E-state index in [1.54, 1.807) is 16.2 Å². The highest BCUT2D eigenvalue weighted by molar-refractivity contribution is 7.13. The van der Waals surface area contributed by atoms with Crippen molar-refractivity contribution in [3.8, 4) is 10.4 Å². The molecule has 0 spiro atoms. The van der Waals surface area contributed by atoms with E-state index in [9.17, 15) is 9.59 Å². The standard InChI is InChI=1S/C23H30N2O2S/c1-17(2)21(26)25-13-11-23(12-14-25,22(27)24(3)4)16-18-8-5-6-9-19(18)20-10-7-15-28-20/h5-10,15,17H,11-14,16H2,1-4H3. The van der Waals surface area contributed by atoms with Crippen molar-refractivity contribution in [3.05, 3.63) is 47.3 Å². The summed E-state index contributed by atoms with van der Waals surface area (Å²) >= 11 is 1.73. The normalized spacial score (nSPS) is 16.2. The number of likely N-dealkylation sites (tertiary alicyclic amines) is 1. The van der Waals surface area contributed by atoms with Crippen LogP contribution in [0.2, 0.25) is 0 Å². The Labute approximate surface area is 172 Å². The molecule has 3 rings (SSSR count). The van der Waals surface area contributed by atoms with E-state index in [4.69, 9.17) is 0 Å². The second kappa shape index (κ2) is 8.48. The number of nitrogens with zero attached hydrogens (tertiary/aromatic N) is 2. The molecule has 1 aliphatic rings. The Morgan fingerprint density at radius 3 is 2.36 bits per heavy atom. The van der Waals surface area contributed by atoms with Gasteiger partial charge in [-0.2, -0.15) is 0 Å². The Bertz CT molecular complexity index is 819. The zero-order valence-electron chi connectivity index (χ0n) is 17.3. The van der Waals surface area contributed by atoms with Crippen LogP contribution in [0.1, 0.15) is 32.3 Å². The van der Waals surface area contributed by atoms with Gasteiger partial charge in [-0.05, 0) is 41.8 Å². The number of carbonyl (C=O) groups excluding carboxylic acids is 2. The molecule has 0 N–H and O–H groups in total. The number of thiophene rings is 1. The Kier molecular flexibility index (Phi) is 6.23. The lowest BCUT2D eigenvalue weighted by atomic mass is 9.72. The van der Waals surface area contributed by atoms with E-state index in [-0.39, 0.29) is 17.7 Å². The van der Waals surface area contributed by atoms with E-state index >= 15 is 0 Å². The lowest BCUT2D eigenvalue weighted by molar-refractivity contribution is -0.147. The van der Waals surface area contributed by atoms with Crippen LogP contribution in [0.3, 0.4) is 0 Å². The second-order valence-corrected chi connectivity index (χ2v) is 9.22. The van der Waals surface area contributed by atoms with Gasteiger partial charge in [0.1, 0.15) is 0 Å². The largest absolute Gasteiger partial charge is 0.348 e. The summed E-state index contributed by atoms with van der Waals surface area (Å²) in [6.07, 6.45) is 2.13. The number of benzene rings is 1. The predicted molar refractivity (Wildman–Crippen MR) is 115 cm³/mol. The monoisotopic (exact) mass is 398 g/mol. The summed E-state index contributed by atoms with van der Waals surface area (Å²) in [5.41, 5.74) is 1.97. The van der Waals surface area contributed by atoms with Crippen LogP contribution in [-0.2, 0) is 16.0 Å². The van der Waals surface area contributed by atoms with Gasteiger partial charge in [0.15, 0.2) is 0 Å². The zero-order valence-corrected chi connectivity index (χ0v) is 18.1. The maximum absolute atomic E-state index is 13.3. The molecule has 0 atom stereocenters. The van der Waals surface area contributed by atoms with E-state index in [0.29, 0.717) is 32.4 Å². The summed E-state index contributed by atoms with van der Waals surface area (Å²) < 4.78 is 0. The molecule has 2 aromatic rings. The molecule has 0 saturated carbocycles. The summed E-state index contributed by atoms with van der Waals surface area (Å²) in [5.74, 6) is 0.353. The summed E-state index contributed by atoms with van der Waals surface area (Å²) in [6, 6.07) is 12.6. The van der Waals surface area contributed by atoms with Crippen LogP contribution >= 0.6 is 11.3 Å². The van der Waals surface area contributed by atoms with Crippen molar-refractivity contribution >= 4 is 23.2 Å². The Morgan fingerprint density at radius 1 is 1.11 bits per heavy atom. The first-order valence-corrected chi connectivity index (χ1v) is 10.8. The van der Waals surface area contributed by atoms with E-state index in [1.807, 2.05) is 32.8 Å². The Balaban J connectivity index is 1.90. The second-order valence-electron chi connectivity index (χ2n) is 8.27. The maximum atomic E-state index is 13.3. The van der Waals surface area contributed by atoms with Crippen LogP contribution in [0.5, 0.6) is 0 Å². The highest BCUT2D eigenvalue weighted by Crippen LogP contribution is 2.40. The van der Waals surface area contributed by atoms with E-state index < -0.39 is 5.41 Å². The Hall–Kier alpha value is -2.14. The minimum absolute atomic E-state index is 0.00314.